The van der Waals surface area contributed by atoms with Crippen LogP contribution in [-0.4, -0.2) is 30.2 Å². The highest BCUT2D eigenvalue weighted by Crippen LogP contribution is 2.04. The van der Waals surface area contributed by atoms with E-state index < -0.39 is 17.7 Å². The van der Waals surface area contributed by atoms with Crippen molar-refractivity contribution < 1.29 is 14.4 Å². The highest BCUT2D eigenvalue weighted by Gasteiger charge is 2.23. The first-order chi connectivity index (χ1) is 12.6. The van der Waals surface area contributed by atoms with E-state index in [0.717, 1.165) is 11.1 Å². The molecule has 0 heterocycles. The molecule has 26 heavy (non-hydrogen) atoms. The predicted molar refractivity (Wildman–Crippen MR) is 101 cm³/mol. The first kappa shape index (κ1) is 19.1. The topological polar surface area (TPSA) is 75.3 Å². The zero-order valence-electron chi connectivity index (χ0n) is 14.6. The summed E-state index contributed by atoms with van der Waals surface area (Å²) >= 11 is 0. The van der Waals surface area contributed by atoms with Crippen LogP contribution < -0.4 is 10.6 Å². The first-order valence-electron chi connectivity index (χ1n) is 8.49. The summed E-state index contributed by atoms with van der Waals surface area (Å²) in [5, 5.41) is 5.22. The van der Waals surface area contributed by atoms with E-state index >= 15 is 0 Å². The zero-order chi connectivity index (χ0) is 18.8. The van der Waals surface area contributed by atoms with Crippen molar-refractivity contribution in [2.75, 3.05) is 6.54 Å². The van der Waals surface area contributed by atoms with Crippen LogP contribution in [0.4, 0.5) is 0 Å². The Balaban J connectivity index is 2.03. The summed E-state index contributed by atoms with van der Waals surface area (Å²) in [6, 6.07) is 17.7. The third kappa shape index (κ3) is 6.02. The summed E-state index contributed by atoms with van der Waals surface area (Å²) in [5.41, 5.74) is 1.72. The molecule has 0 bridgehead atoms. The Morgan fingerprint density at radius 1 is 0.962 bits per heavy atom. The first-order valence-corrected chi connectivity index (χ1v) is 8.49. The van der Waals surface area contributed by atoms with Crippen LogP contribution in [0.5, 0.6) is 0 Å². The highest BCUT2D eigenvalue weighted by molar-refractivity contribution is 6.41. The van der Waals surface area contributed by atoms with Gasteiger partial charge in [0.25, 0.3) is 5.91 Å². The van der Waals surface area contributed by atoms with Gasteiger partial charge in [0, 0.05) is 13.0 Å². The maximum atomic E-state index is 12.2. The number of benzene rings is 2. The molecule has 2 amide bonds. The molecule has 0 fully saturated rings. The standard InChI is InChI=1S/C21H22N2O3/c1-2-22-20(25)18(15-17-11-7-4-8-12-17)23-21(26)19(24)14-13-16-9-5-3-6-10-16/h3-14,18H,2,15H2,1H3,(H,22,25)(H,23,26)/b14-13+. The minimum absolute atomic E-state index is 0.314. The lowest BCUT2D eigenvalue weighted by Crippen LogP contribution is -2.49. The van der Waals surface area contributed by atoms with Gasteiger partial charge in [-0.05, 0) is 24.1 Å². The Kier molecular flexibility index (Phi) is 7.31. The van der Waals surface area contributed by atoms with Gasteiger partial charge in [-0.3, -0.25) is 14.4 Å². The molecule has 1 atom stereocenters. The fourth-order valence-electron chi connectivity index (χ4n) is 2.40. The molecule has 0 aliphatic rings. The van der Waals surface area contributed by atoms with Crippen LogP contribution >= 0.6 is 0 Å². The normalized spacial score (nSPS) is 11.7. The highest BCUT2D eigenvalue weighted by atomic mass is 16.2. The second-order valence-electron chi connectivity index (χ2n) is 5.72. The molecule has 2 aromatic carbocycles. The van der Waals surface area contributed by atoms with Crippen LogP contribution in [0.25, 0.3) is 6.08 Å². The fraction of sp³-hybridized carbons (Fsp3) is 0.190. The van der Waals surface area contributed by atoms with Gasteiger partial charge in [-0.15, -0.1) is 0 Å². The second kappa shape index (κ2) is 9.93. The number of rotatable bonds is 8. The molecule has 0 saturated carbocycles. The minimum Gasteiger partial charge on any atom is -0.355 e. The van der Waals surface area contributed by atoms with Gasteiger partial charge in [-0.25, -0.2) is 0 Å². The summed E-state index contributed by atoms with van der Waals surface area (Å²) in [4.78, 5) is 36.5. The maximum Gasteiger partial charge on any atom is 0.292 e. The average molecular weight is 350 g/mol. The number of hydrogen-bond donors (Lipinski definition) is 2. The van der Waals surface area contributed by atoms with Crippen molar-refractivity contribution in [3.05, 3.63) is 77.9 Å². The predicted octanol–water partition coefficient (Wildman–Crippen LogP) is 2.13. The number of ketones is 1. The fourth-order valence-corrected chi connectivity index (χ4v) is 2.40. The molecule has 0 aliphatic carbocycles. The van der Waals surface area contributed by atoms with E-state index in [9.17, 15) is 14.4 Å². The Hall–Kier alpha value is -3.21. The number of likely N-dealkylation sites (N-methyl/N-ethyl adjacent to an activating group) is 1. The van der Waals surface area contributed by atoms with E-state index in [1.165, 1.54) is 6.08 Å². The summed E-state index contributed by atoms with van der Waals surface area (Å²) in [7, 11) is 0. The largest absolute Gasteiger partial charge is 0.355 e. The van der Waals surface area contributed by atoms with Crippen molar-refractivity contribution in [3.8, 4) is 0 Å². The number of hydrogen-bond acceptors (Lipinski definition) is 3. The Morgan fingerprint density at radius 2 is 1.58 bits per heavy atom. The summed E-state index contributed by atoms with van der Waals surface area (Å²) in [5.74, 6) is -1.81. The van der Waals surface area contributed by atoms with Crippen LogP contribution in [0, 0.1) is 0 Å². The third-order valence-corrected chi connectivity index (χ3v) is 3.71. The lowest BCUT2D eigenvalue weighted by atomic mass is 10.0. The maximum absolute atomic E-state index is 12.2. The number of carbonyl (C=O) groups excluding carboxylic acids is 3. The molecule has 1 unspecified atom stereocenters. The molecule has 5 heteroatoms. The Bertz CT molecular complexity index is 770. The van der Waals surface area contributed by atoms with Crippen molar-refractivity contribution in [2.24, 2.45) is 0 Å². The lowest BCUT2D eigenvalue weighted by molar-refractivity contribution is -0.137. The van der Waals surface area contributed by atoms with Crippen molar-refractivity contribution >= 4 is 23.7 Å². The van der Waals surface area contributed by atoms with Crippen molar-refractivity contribution in [2.45, 2.75) is 19.4 Å². The van der Waals surface area contributed by atoms with Gasteiger partial charge in [0.1, 0.15) is 6.04 Å². The summed E-state index contributed by atoms with van der Waals surface area (Å²) in [6.07, 6.45) is 3.09. The molecule has 5 nitrogen and oxygen atoms in total. The van der Waals surface area contributed by atoms with Crippen LogP contribution in [0.15, 0.2) is 66.7 Å². The van der Waals surface area contributed by atoms with Gasteiger partial charge in [0.05, 0.1) is 0 Å². The van der Waals surface area contributed by atoms with Gasteiger partial charge in [-0.2, -0.15) is 0 Å². The van der Waals surface area contributed by atoms with Crippen LogP contribution in [0.1, 0.15) is 18.1 Å². The van der Waals surface area contributed by atoms with E-state index in [4.69, 9.17) is 0 Å². The zero-order valence-corrected chi connectivity index (χ0v) is 14.6. The third-order valence-electron chi connectivity index (χ3n) is 3.71. The SMILES string of the molecule is CCNC(=O)C(Cc1ccccc1)NC(=O)C(=O)/C=C/c1ccccc1. The van der Waals surface area contributed by atoms with E-state index in [-0.39, 0.29) is 5.91 Å². The number of amides is 2. The van der Waals surface area contributed by atoms with Gasteiger partial charge in [0.15, 0.2) is 0 Å². The van der Waals surface area contributed by atoms with E-state index in [1.807, 2.05) is 60.7 Å². The monoisotopic (exact) mass is 350 g/mol. The second-order valence-corrected chi connectivity index (χ2v) is 5.72. The molecule has 134 valence electrons. The van der Waals surface area contributed by atoms with Crippen molar-refractivity contribution in [1.82, 2.24) is 10.6 Å². The van der Waals surface area contributed by atoms with Gasteiger partial charge >= 0.3 is 0 Å². The minimum atomic E-state index is -0.807. The van der Waals surface area contributed by atoms with E-state index in [1.54, 1.807) is 13.0 Å². The smallest absolute Gasteiger partial charge is 0.292 e. The Morgan fingerprint density at radius 3 is 2.19 bits per heavy atom. The molecule has 2 aromatic rings. The summed E-state index contributed by atoms with van der Waals surface area (Å²) < 4.78 is 0. The van der Waals surface area contributed by atoms with Crippen LogP contribution in [0.2, 0.25) is 0 Å². The molecule has 2 rings (SSSR count). The summed E-state index contributed by atoms with van der Waals surface area (Å²) in [6.45, 7) is 2.24. The van der Waals surface area contributed by atoms with Crippen LogP contribution in [-0.2, 0) is 20.8 Å². The van der Waals surface area contributed by atoms with Gasteiger partial charge in [-0.1, -0.05) is 66.7 Å². The number of nitrogens with one attached hydrogen (secondary N) is 2. The molecule has 0 radical (unpaired) electrons. The van der Waals surface area contributed by atoms with Crippen molar-refractivity contribution in [1.29, 1.82) is 0 Å². The Labute approximate surface area is 153 Å². The lowest BCUT2D eigenvalue weighted by Gasteiger charge is -2.17. The molecule has 0 spiro atoms. The quantitative estimate of drug-likeness (QED) is 0.566. The molecular weight excluding hydrogens is 328 g/mol. The van der Waals surface area contributed by atoms with Gasteiger partial charge < -0.3 is 10.6 Å². The van der Waals surface area contributed by atoms with E-state index in [2.05, 4.69) is 10.6 Å². The van der Waals surface area contributed by atoms with E-state index in [0.29, 0.717) is 13.0 Å². The molecule has 0 saturated heterocycles. The molecule has 2 N–H and O–H groups in total. The number of carbonyl (C=O) groups is 3. The van der Waals surface area contributed by atoms with Gasteiger partial charge in [0.2, 0.25) is 11.7 Å². The average Bonchev–Trinajstić information content (AvgIpc) is 2.67. The molecule has 0 aliphatic heterocycles. The molecular formula is C21H22N2O3. The van der Waals surface area contributed by atoms with Crippen molar-refractivity contribution in [3.63, 3.8) is 0 Å². The molecule has 0 aromatic heterocycles. The van der Waals surface area contributed by atoms with Crippen LogP contribution in [0.3, 0.4) is 0 Å².